The van der Waals surface area contributed by atoms with E-state index in [1.165, 1.54) is 17.4 Å². The largest absolute Gasteiger partial charge is 0.491 e. The molecule has 5 rings (SSSR count). The van der Waals surface area contributed by atoms with Gasteiger partial charge in [-0.1, -0.05) is 37.7 Å². The zero-order valence-electron chi connectivity index (χ0n) is 21.4. The molecule has 2 heterocycles. The van der Waals surface area contributed by atoms with E-state index in [4.69, 9.17) is 16.3 Å². The van der Waals surface area contributed by atoms with E-state index in [0.717, 1.165) is 22.3 Å². The van der Waals surface area contributed by atoms with Gasteiger partial charge in [-0.3, -0.25) is 5.10 Å². The molecule has 5 aromatic rings. The summed E-state index contributed by atoms with van der Waals surface area (Å²) in [6.45, 7) is 8.20. The molecule has 0 unspecified atom stereocenters. The second-order valence-electron chi connectivity index (χ2n) is 9.23. The van der Waals surface area contributed by atoms with Crippen LogP contribution in [0.5, 0.6) is 5.75 Å². The molecular weight excluding hydrogens is 522 g/mol. The van der Waals surface area contributed by atoms with E-state index in [1.807, 2.05) is 50.2 Å². The molecule has 10 heteroatoms. The maximum atomic E-state index is 14.4. The van der Waals surface area contributed by atoms with E-state index in [0.29, 0.717) is 33.8 Å². The number of H-pyrrole nitrogens is 1. The molecule has 0 aliphatic rings. The number of fused-ring (bicyclic) bond motifs is 1. The highest BCUT2D eigenvalue weighted by Crippen LogP contribution is 2.33. The molecule has 0 saturated heterocycles. The molecule has 3 N–H and O–H groups in total. The van der Waals surface area contributed by atoms with E-state index >= 15 is 0 Å². The van der Waals surface area contributed by atoms with Gasteiger partial charge in [-0.2, -0.15) is 10.1 Å². The third kappa shape index (κ3) is 5.72. The molecule has 2 aromatic heterocycles. The fourth-order valence-corrected chi connectivity index (χ4v) is 5.23. The van der Waals surface area contributed by atoms with Crippen molar-refractivity contribution in [1.82, 2.24) is 20.2 Å². The van der Waals surface area contributed by atoms with E-state index in [2.05, 4.69) is 50.2 Å². The molecule has 0 amide bonds. The Bertz CT molecular complexity index is 1610. The van der Waals surface area contributed by atoms with Crippen LogP contribution >= 0.6 is 19.5 Å². The minimum absolute atomic E-state index is 0.0741. The van der Waals surface area contributed by atoms with Crippen molar-refractivity contribution in [3.63, 3.8) is 0 Å². The van der Waals surface area contributed by atoms with Crippen LogP contribution < -0.4 is 20.7 Å². The van der Waals surface area contributed by atoms with Gasteiger partial charge in [0.1, 0.15) is 22.3 Å². The molecule has 38 heavy (non-hydrogen) atoms. The molecule has 0 atom stereocenters. The molecule has 194 valence electrons. The summed E-state index contributed by atoms with van der Waals surface area (Å²) >= 11 is 6.43. The van der Waals surface area contributed by atoms with Crippen LogP contribution in [0.3, 0.4) is 0 Å². The van der Waals surface area contributed by atoms with Gasteiger partial charge in [0.05, 0.1) is 17.8 Å². The zero-order valence-corrected chi connectivity index (χ0v) is 23.0. The quantitative estimate of drug-likeness (QED) is 0.174. The van der Waals surface area contributed by atoms with Crippen LogP contribution in [0.15, 0.2) is 66.9 Å². The summed E-state index contributed by atoms with van der Waals surface area (Å²) in [6.07, 6.45) is 1.49. The first-order valence-electron chi connectivity index (χ1n) is 12.1. The molecule has 0 saturated carbocycles. The predicted molar refractivity (Wildman–Crippen MR) is 156 cm³/mol. The Morgan fingerprint density at radius 3 is 2.63 bits per heavy atom. The fourth-order valence-electron chi connectivity index (χ4n) is 4.09. The summed E-state index contributed by atoms with van der Waals surface area (Å²) in [7, 11) is -0.318. The van der Waals surface area contributed by atoms with Crippen LogP contribution in [-0.4, -0.2) is 39.6 Å². The van der Waals surface area contributed by atoms with Gasteiger partial charge in [0.25, 0.3) is 0 Å². The Morgan fingerprint density at radius 1 is 1.03 bits per heavy atom. The fraction of sp³-hybridized carbons (Fsp3) is 0.179. The van der Waals surface area contributed by atoms with Crippen LogP contribution in [0.2, 0.25) is 5.02 Å². The Morgan fingerprint density at radius 2 is 1.84 bits per heavy atom. The lowest BCUT2D eigenvalue weighted by Crippen LogP contribution is -2.09. The Balaban J connectivity index is 1.44. The van der Waals surface area contributed by atoms with Gasteiger partial charge in [0.15, 0.2) is 5.82 Å². The zero-order chi connectivity index (χ0) is 26.8. The van der Waals surface area contributed by atoms with Gasteiger partial charge < -0.3 is 15.4 Å². The standard InChI is InChI=1S/C28H27ClFN6OP/c1-16(2)37-20-12-17(11-18(30)13-20)26-21-14-19(9-10-23(21)35-36-26)32-28-31-15-22(29)27(34-28)33-24-7-5-6-8-25(24)38(3)4/h5-16H,1-4H3,(H,35,36)(H2,31,32,33,34). The summed E-state index contributed by atoms with van der Waals surface area (Å²) < 4.78 is 20.1. The number of benzene rings is 3. The van der Waals surface area contributed by atoms with Crippen LogP contribution in [0, 0.1) is 5.82 Å². The van der Waals surface area contributed by atoms with E-state index in [-0.39, 0.29) is 14.0 Å². The number of hydrogen-bond donors (Lipinski definition) is 3. The SMILES string of the molecule is CC(C)Oc1cc(F)cc(-c2n[nH]c3ccc(Nc4ncc(Cl)c(Nc5ccccc5P(C)C)n4)cc23)c1. The summed E-state index contributed by atoms with van der Waals surface area (Å²) in [5.74, 6) is 0.956. The smallest absolute Gasteiger partial charge is 0.229 e. The molecule has 0 radical (unpaired) electrons. The van der Waals surface area contributed by atoms with Crippen molar-refractivity contribution in [2.45, 2.75) is 20.0 Å². The predicted octanol–water partition coefficient (Wildman–Crippen LogP) is 7.45. The topological polar surface area (TPSA) is 87.8 Å². The summed E-state index contributed by atoms with van der Waals surface area (Å²) in [4.78, 5) is 8.97. The number of anilines is 4. The van der Waals surface area contributed by atoms with Crippen molar-refractivity contribution in [3.05, 3.63) is 77.7 Å². The van der Waals surface area contributed by atoms with Crippen molar-refractivity contribution in [3.8, 4) is 17.0 Å². The van der Waals surface area contributed by atoms with Gasteiger partial charge in [0.2, 0.25) is 5.95 Å². The normalized spacial score (nSPS) is 11.4. The number of para-hydroxylation sites is 1. The van der Waals surface area contributed by atoms with Crippen molar-refractivity contribution in [2.24, 2.45) is 0 Å². The third-order valence-electron chi connectivity index (χ3n) is 5.72. The highest BCUT2D eigenvalue weighted by Gasteiger charge is 2.14. The summed E-state index contributed by atoms with van der Waals surface area (Å²) in [6, 6.07) is 18.4. The number of nitrogens with zero attached hydrogens (tertiary/aromatic N) is 3. The van der Waals surface area contributed by atoms with E-state index < -0.39 is 5.82 Å². The number of aromatic amines is 1. The van der Waals surface area contributed by atoms with Crippen LogP contribution in [-0.2, 0) is 0 Å². The Hall–Kier alpha value is -3.74. The molecule has 0 aliphatic carbocycles. The first kappa shape index (κ1) is 25.9. The molecule has 0 aliphatic heterocycles. The molecule has 7 nitrogen and oxygen atoms in total. The first-order chi connectivity index (χ1) is 18.3. The van der Waals surface area contributed by atoms with Gasteiger partial charge >= 0.3 is 0 Å². The number of nitrogens with one attached hydrogen (secondary N) is 3. The van der Waals surface area contributed by atoms with Gasteiger partial charge in [-0.15, -0.1) is 0 Å². The monoisotopic (exact) mass is 548 g/mol. The van der Waals surface area contributed by atoms with E-state index in [1.54, 1.807) is 12.3 Å². The average Bonchev–Trinajstić information content (AvgIpc) is 3.29. The van der Waals surface area contributed by atoms with Gasteiger partial charge in [-0.05, 0) is 68.9 Å². The molecule has 0 spiro atoms. The number of halogens is 2. The second-order valence-corrected chi connectivity index (χ2v) is 11.9. The first-order valence-corrected chi connectivity index (χ1v) is 14.7. The third-order valence-corrected chi connectivity index (χ3v) is 7.35. The molecule has 0 fully saturated rings. The van der Waals surface area contributed by atoms with Crippen molar-refractivity contribution in [1.29, 1.82) is 0 Å². The average molecular weight is 549 g/mol. The van der Waals surface area contributed by atoms with E-state index in [9.17, 15) is 4.39 Å². The maximum Gasteiger partial charge on any atom is 0.229 e. The lowest BCUT2D eigenvalue weighted by atomic mass is 10.1. The highest BCUT2D eigenvalue weighted by molar-refractivity contribution is 7.64. The Labute approximate surface area is 226 Å². The van der Waals surface area contributed by atoms with Crippen LogP contribution in [0.25, 0.3) is 22.2 Å². The molecule has 3 aromatic carbocycles. The summed E-state index contributed by atoms with van der Waals surface area (Å²) in [5, 5.41) is 16.5. The summed E-state index contributed by atoms with van der Waals surface area (Å²) in [5.41, 5.74) is 3.75. The van der Waals surface area contributed by atoms with Gasteiger partial charge in [0, 0.05) is 28.4 Å². The van der Waals surface area contributed by atoms with Gasteiger partial charge in [-0.25, -0.2) is 9.37 Å². The van der Waals surface area contributed by atoms with Crippen molar-refractivity contribution < 1.29 is 9.13 Å². The highest BCUT2D eigenvalue weighted by atomic mass is 35.5. The minimum atomic E-state index is -0.390. The second kappa shape index (κ2) is 10.9. The number of rotatable bonds is 8. The number of aromatic nitrogens is 4. The molecular formula is C28H27ClFN6OP. The lowest BCUT2D eigenvalue weighted by molar-refractivity contribution is 0.241. The van der Waals surface area contributed by atoms with Crippen molar-refractivity contribution >= 4 is 58.9 Å². The Kier molecular flexibility index (Phi) is 7.45. The van der Waals surface area contributed by atoms with Crippen molar-refractivity contribution in [2.75, 3.05) is 24.0 Å². The molecule has 0 bridgehead atoms. The number of hydrogen-bond acceptors (Lipinski definition) is 6. The van der Waals surface area contributed by atoms with Crippen LogP contribution in [0.4, 0.5) is 27.5 Å². The number of ether oxygens (including phenoxy) is 1. The van der Waals surface area contributed by atoms with Crippen LogP contribution in [0.1, 0.15) is 13.8 Å². The lowest BCUT2D eigenvalue weighted by Gasteiger charge is -2.15. The maximum absolute atomic E-state index is 14.4. The minimum Gasteiger partial charge on any atom is -0.491 e.